The number of nitrogens with one attached hydrogen (secondary N) is 2. The zero-order chi connectivity index (χ0) is 19.3. The molecule has 0 saturated carbocycles. The number of benzene rings is 1. The van der Waals surface area contributed by atoms with Crippen LogP contribution in [0.4, 0.5) is 18.9 Å². The van der Waals surface area contributed by atoms with Crippen molar-refractivity contribution in [1.82, 2.24) is 10.2 Å². The van der Waals surface area contributed by atoms with E-state index >= 15 is 0 Å². The lowest BCUT2D eigenvalue weighted by Crippen LogP contribution is -2.40. The van der Waals surface area contributed by atoms with Crippen molar-refractivity contribution in [2.75, 3.05) is 26.0 Å². The van der Waals surface area contributed by atoms with E-state index in [1.165, 1.54) is 11.3 Å². The van der Waals surface area contributed by atoms with Gasteiger partial charge in [-0.1, -0.05) is 0 Å². The Morgan fingerprint density at radius 3 is 2.27 bits per heavy atom. The first-order valence-electron chi connectivity index (χ1n) is 7.63. The van der Waals surface area contributed by atoms with Crippen LogP contribution in [0.15, 0.2) is 41.1 Å². The van der Waals surface area contributed by atoms with Gasteiger partial charge in [-0.25, -0.2) is 0 Å². The molecule has 0 spiro atoms. The molecule has 9 heteroatoms. The SMILES string of the molecule is CN(C)[C@H](CNC(=O)C(=O)Nc1ccc(C(F)(F)F)cc1)c1ccsc1. The van der Waals surface area contributed by atoms with Crippen LogP contribution >= 0.6 is 11.3 Å². The van der Waals surface area contributed by atoms with Crippen LogP contribution in [0, 0.1) is 0 Å². The Bertz CT molecular complexity index is 744. The maximum atomic E-state index is 12.5. The summed E-state index contributed by atoms with van der Waals surface area (Å²) >= 11 is 1.53. The summed E-state index contributed by atoms with van der Waals surface area (Å²) in [4.78, 5) is 25.8. The minimum Gasteiger partial charge on any atom is -0.346 e. The number of amides is 2. The number of carbonyl (C=O) groups is 2. The predicted octanol–water partition coefficient (Wildman–Crippen LogP) is 3.12. The quantitative estimate of drug-likeness (QED) is 0.778. The predicted molar refractivity (Wildman–Crippen MR) is 93.8 cm³/mol. The Kier molecular flexibility index (Phi) is 6.38. The normalized spacial score (nSPS) is 12.7. The van der Waals surface area contributed by atoms with E-state index in [-0.39, 0.29) is 18.3 Å². The van der Waals surface area contributed by atoms with Gasteiger partial charge in [0.05, 0.1) is 11.6 Å². The zero-order valence-electron chi connectivity index (χ0n) is 14.1. The first-order valence-corrected chi connectivity index (χ1v) is 8.57. The fraction of sp³-hybridized carbons (Fsp3) is 0.294. The van der Waals surface area contributed by atoms with E-state index in [0.717, 1.165) is 29.8 Å². The van der Waals surface area contributed by atoms with Crippen molar-refractivity contribution in [1.29, 1.82) is 0 Å². The Labute approximate surface area is 152 Å². The van der Waals surface area contributed by atoms with Crippen molar-refractivity contribution in [2.45, 2.75) is 12.2 Å². The van der Waals surface area contributed by atoms with Crippen molar-refractivity contribution in [3.05, 3.63) is 52.2 Å². The molecule has 2 aromatic rings. The third kappa shape index (κ3) is 5.30. The molecule has 2 amide bonds. The first kappa shape index (κ1) is 19.9. The summed E-state index contributed by atoms with van der Waals surface area (Å²) in [5, 5.41) is 8.70. The highest BCUT2D eigenvalue weighted by Crippen LogP contribution is 2.29. The first-order chi connectivity index (χ1) is 12.2. The summed E-state index contributed by atoms with van der Waals surface area (Å²) in [5.74, 6) is -1.79. The molecule has 0 aliphatic rings. The minimum absolute atomic E-state index is 0.0935. The third-order valence-corrected chi connectivity index (χ3v) is 4.39. The van der Waals surface area contributed by atoms with Crippen molar-refractivity contribution < 1.29 is 22.8 Å². The molecule has 0 fully saturated rings. The number of hydrogen-bond donors (Lipinski definition) is 2. The molecule has 0 aliphatic carbocycles. The van der Waals surface area contributed by atoms with Gasteiger partial charge in [0.25, 0.3) is 0 Å². The molecule has 1 atom stereocenters. The molecule has 1 aromatic heterocycles. The average Bonchev–Trinajstić information content (AvgIpc) is 3.08. The summed E-state index contributed by atoms with van der Waals surface area (Å²) in [7, 11) is 3.72. The van der Waals surface area contributed by atoms with Crippen LogP contribution in [0.2, 0.25) is 0 Å². The van der Waals surface area contributed by atoms with Crippen molar-refractivity contribution in [3.8, 4) is 0 Å². The molecular formula is C17H18F3N3O2S. The van der Waals surface area contributed by atoms with Gasteiger partial charge in [-0.15, -0.1) is 0 Å². The molecular weight excluding hydrogens is 367 g/mol. The largest absolute Gasteiger partial charge is 0.416 e. The summed E-state index contributed by atoms with van der Waals surface area (Å²) in [6, 6.07) is 5.72. The molecule has 1 aromatic carbocycles. The van der Waals surface area contributed by atoms with Crippen LogP contribution in [0.5, 0.6) is 0 Å². The van der Waals surface area contributed by atoms with Gasteiger partial charge in [-0.2, -0.15) is 24.5 Å². The van der Waals surface area contributed by atoms with Crippen LogP contribution in [-0.4, -0.2) is 37.4 Å². The number of halogens is 3. The molecule has 5 nitrogen and oxygen atoms in total. The molecule has 0 bridgehead atoms. The van der Waals surface area contributed by atoms with E-state index in [1.54, 1.807) is 0 Å². The number of nitrogens with zero attached hydrogens (tertiary/aromatic N) is 1. The lowest BCUT2D eigenvalue weighted by atomic mass is 10.1. The van der Waals surface area contributed by atoms with Gasteiger partial charge in [0.1, 0.15) is 0 Å². The zero-order valence-corrected chi connectivity index (χ0v) is 14.9. The van der Waals surface area contributed by atoms with E-state index in [0.29, 0.717) is 0 Å². The summed E-state index contributed by atoms with van der Waals surface area (Å²) in [6.07, 6.45) is -4.46. The molecule has 0 aliphatic heterocycles. The van der Waals surface area contributed by atoms with Gasteiger partial charge in [0.2, 0.25) is 0 Å². The molecule has 0 unspecified atom stereocenters. The average molecular weight is 385 g/mol. The smallest absolute Gasteiger partial charge is 0.346 e. The summed E-state index contributed by atoms with van der Waals surface area (Å²) in [6.45, 7) is 0.225. The van der Waals surface area contributed by atoms with Crippen molar-refractivity contribution in [2.24, 2.45) is 0 Å². The number of hydrogen-bond acceptors (Lipinski definition) is 4. The fourth-order valence-electron chi connectivity index (χ4n) is 2.26. The lowest BCUT2D eigenvalue weighted by molar-refractivity contribution is -0.137. The fourth-order valence-corrected chi connectivity index (χ4v) is 2.97. The van der Waals surface area contributed by atoms with Crippen LogP contribution in [0.25, 0.3) is 0 Å². The van der Waals surface area contributed by atoms with Gasteiger partial charge in [0.15, 0.2) is 0 Å². The Morgan fingerprint density at radius 1 is 1.12 bits per heavy atom. The van der Waals surface area contributed by atoms with Crippen LogP contribution in [-0.2, 0) is 15.8 Å². The standard InChI is InChI=1S/C17H18F3N3O2S/c1-23(2)14(11-7-8-26-10-11)9-21-15(24)16(25)22-13-5-3-12(4-6-13)17(18,19)20/h3-8,10,14H,9H2,1-2H3,(H,21,24)(H,22,25)/t14-/m1/s1. The monoisotopic (exact) mass is 385 g/mol. The number of likely N-dealkylation sites (N-methyl/N-ethyl adjacent to an activating group) is 1. The molecule has 1 heterocycles. The maximum absolute atomic E-state index is 12.5. The van der Waals surface area contributed by atoms with Gasteiger partial charge in [0, 0.05) is 12.2 Å². The van der Waals surface area contributed by atoms with E-state index in [1.807, 2.05) is 35.8 Å². The molecule has 2 N–H and O–H groups in total. The van der Waals surface area contributed by atoms with Gasteiger partial charge in [-0.3, -0.25) is 9.59 Å². The maximum Gasteiger partial charge on any atom is 0.416 e. The summed E-state index contributed by atoms with van der Waals surface area (Å²) < 4.78 is 37.5. The molecule has 140 valence electrons. The second kappa shape index (κ2) is 8.33. The van der Waals surface area contributed by atoms with E-state index in [4.69, 9.17) is 0 Å². The Balaban J connectivity index is 1.92. The highest BCUT2D eigenvalue weighted by atomic mass is 32.1. The van der Waals surface area contributed by atoms with Crippen molar-refractivity contribution in [3.63, 3.8) is 0 Å². The minimum atomic E-state index is -4.46. The van der Waals surface area contributed by atoms with Crippen molar-refractivity contribution >= 4 is 28.8 Å². The molecule has 26 heavy (non-hydrogen) atoms. The highest BCUT2D eigenvalue weighted by molar-refractivity contribution is 7.07. The van der Waals surface area contributed by atoms with Gasteiger partial charge < -0.3 is 15.5 Å². The molecule has 0 radical (unpaired) electrons. The lowest BCUT2D eigenvalue weighted by Gasteiger charge is -2.23. The number of alkyl halides is 3. The Morgan fingerprint density at radius 2 is 1.77 bits per heavy atom. The van der Waals surface area contributed by atoms with Gasteiger partial charge >= 0.3 is 18.0 Å². The van der Waals surface area contributed by atoms with E-state index < -0.39 is 23.6 Å². The topological polar surface area (TPSA) is 61.4 Å². The van der Waals surface area contributed by atoms with E-state index in [9.17, 15) is 22.8 Å². The number of anilines is 1. The highest BCUT2D eigenvalue weighted by Gasteiger charge is 2.30. The van der Waals surface area contributed by atoms with Gasteiger partial charge in [-0.05, 0) is 60.8 Å². The number of carbonyl (C=O) groups excluding carboxylic acids is 2. The summed E-state index contributed by atoms with van der Waals surface area (Å²) in [5.41, 5.74) is 0.299. The van der Waals surface area contributed by atoms with Crippen LogP contribution in [0.1, 0.15) is 17.2 Å². The van der Waals surface area contributed by atoms with E-state index in [2.05, 4.69) is 10.6 Å². The molecule has 0 saturated heterocycles. The third-order valence-electron chi connectivity index (χ3n) is 3.68. The number of thiophene rings is 1. The van der Waals surface area contributed by atoms with Crippen LogP contribution in [0.3, 0.4) is 0 Å². The Hall–Kier alpha value is -2.39. The second-order valence-corrected chi connectivity index (χ2v) is 6.56. The second-order valence-electron chi connectivity index (χ2n) is 5.78. The number of rotatable bonds is 5. The van der Waals surface area contributed by atoms with Crippen LogP contribution < -0.4 is 10.6 Å². The molecule has 2 rings (SSSR count).